The van der Waals surface area contributed by atoms with Crippen LogP contribution in [0.3, 0.4) is 0 Å². The average Bonchev–Trinajstić information content (AvgIpc) is 2.67. The van der Waals surface area contributed by atoms with E-state index in [-0.39, 0.29) is 18.1 Å². The van der Waals surface area contributed by atoms with Crippen LogP contribution in [0.5, 0.6) is 0 Å². The summed E-state index contributed by atoms with van der Waals surface area (Å²) in [4.78, 5) is 20.8. The molecule has 1 aliphatic rings. The van der Waals surface area contributed by atoms with Gasteiger partial charge in [-0.3, -0.25) is 4.79 Å². The quantitative estimate of drug-likeness (QED) is 0.862. The fourth-order valence-corrected chi connectivity index (χ4v) is 3.07. The van der Waals surface area contributed by atoms with Gasteiger partial charge in [0.2, 0.25) is 5.91 Å². The van der Waals surface area contributed by atoms with Crippen molar-refractivity contribution in [3.63, 3.8) is 0 Å². The van der Waals surface area contributed by atoms with E-state index in [4.69, 9.17) is 4.74 Å². The minimum absolute atomic E-state index is 0.125. The molecule has 1 atom stereocenters. The lowest BCUT2D eigenvalue weighted by atomic mass is 9.95. The van der Waals surface area contributed by atoms with Crippen molar-refractivity contribution in [1.29, 1.82) is 0 Å². The number of halogens is 1. The summed E-state index contributed by atoms with van der Waals surface area (Å²) >= 11 is 0. The molecular formula is C20H24FN3O2. The lowest BCUT2D eigenvalue weighted by molar-refractivity contribution is -0.121. The second kappa shape index (κ2) is 8.36. The van der Waals surface area contributed by atoms with Crippen LogP contribution in [0, 0.1) is 5.82 Å². The predicted octanol–water partition coefficient (Wildman–Crippen LogP) is 3.28. The van der Waals surface area contributed by atoms with E-state index in [1.165, 1.54) is 6.07 Å². The third-order valence-corrected chi connectivity index (χ3v) is 4.72. The highest BCUT2D eigenvalue weighted by Gasteiger charge is 2.32. The number of hydrogen-bond donors (Lipinski definition) is 1. The molecule has 26 heavy (non-hydrogen) atoms. The summed E-state index contributed by atoms with van der Waals surface area (Å²) < 4.78 is 19.4. The maximum atomic E-state index is 13.6. The first-order valence-electron chi connectivity index (χ1n) is 9.02. The first kappa shape index (κ1) is 18.5. The fraction of sp³-hybridized carbons (Fsp3) is 0.450. The molecule has 0 aliphatic carbocycles. The van der Waals surface area contributed by atoms with E-state index >= 15 is 0 Å². The molecule has 6 heteroatoms. The van der Waals surface area contributed by atoms with Gasteiger partial charge in [-0.15, -0.1) is 0 Å². The van der Waals surface area contributed by atoms with Gasteiger partial charge in [-0.1, -0.05) is 18.2 Å². The summed E-state index contributed by atoms with van der Waals surface area (Å²) in [6.07, 6.45) is 7.17. The van der Waals surface area contributed by atoms with E-state index in [0.29, 0.717) is 24.4 Å². The Bertz CT molecular complexity index is 743. The van der Waals surface area contributed by atoms with Crippen molar-refractivity contribution in [2.75, 3.05) is 6.61 Å². The lowest BCUT2D eigenvalue weighted by Gasteiger charge is -2.32. The smallest absolute Gasteiger partial charge is 0.220 e. The number of carbonyl (C=O) groups is 1. The van der Waals surface area contributed by atoms with Crippen molar-refractivity contribution in [1.82, 2.24) is 15.3 Å². The Kier molecular flexibility index (Phi) is 5.93. The molecule has 1 aromatic carbocycles. The number of aryl methyl sites for hydroxylation is 1. The van der Waals surface area contributed by atoms with E-state index in [9.17, 15) is 9.18 Å². The zero-order valence-corrected chi connectivity index (χ0v) is 15.0. The molecule has 1 N–H and O–H groups in total. The van der Waals surface area contributed by atoms with Crippen LogP contribution in [-0.2, 0) is 28.1 Å². The predicted molar refractivity (Wildman–Crippen MR) is 95.8 cm³/mol. The molecular weight excluding hydrogens is 333 g/mol. The number of rotatable bonds is 6. The number of amides is 1. The second-order valence-electron chi connectivity index (χ2n) is 6.82. The second-order valence-corrected chi connectivity index (χ2v) is 6.82. The number of hydrogen-bond acceptors (Lipinski definition) is 4. The molecule has 0 saturated carbocycles. The molecule has 0 spiro atoms. The van der Waals surface area contributed by atoms with Crippen molar-refractivity contribution in [3.05, 3.63) is 59.4 Å². The van der Waals surface area contributed by atoms with Gasteiger partial charge < -0.3 is 10.1 Å². The van der Waals surface area contributed by atoms with E-state index in [1.54, 1.807) is 30.6 Å². The summed E-state index contributed by atoms with van der Waals surface area (Å²) in [5.74, 6) is 0.287. The van der Waals surface area contributed by atoms with E-state index in [2.05, 4.69) is 15.3 Å². The molecule has 2 aromatic rings. The zero-order valence-electron chi connectivity index (χ0n) is 15.0. The molecule has 1 amide bonds. The average molecular weight is 357 g/mol. The Balaban J connectivity index is 1.48. The lowest BCUT2D eigenvalue weighted by Crippen LogP contribution is -2.32. The minimum Gasteiger partial charge on any atom is -0.367 e. The molecule has 1 fully saturated rings. The van der Waals surface area contributed by atoms with Crippen molar-refractivity contribution < 1.29 is 13.9 Å². The first-order chi connectivity index (χ1) is 12.6. The van der Waals surface area contributed by atoms with Gasteiger partial charge in [0.1, 0.15) is 11.4 Å². The minimum atomic E-state index is -0.417. The molecule has 1 aromatic heterocycles. The van der Waals surface area contributed by atoms with Crippen molar-refractivity contribution in [3.8, 4) is 0 Å². The molecule has 2 heterocycles. The number of benzene rings is 1. The van der Waals surface area contributed by atoms with Crippen LogP contribution in [-0.4, -0.2) is 22.5 Å². The number of carbonyl (C=O) groups excluding carboxylic acids is 1. The monoisotopic (exact) mass is 357 g/mol. The number of nitrogens with zero attached hydrogens (tertiary/aromatic N) is 2. The fourth-order valence-electron chi connectivity index (χ4n) is 3.07. The first-order valence-corrected chi connectivity index (χ1v) is 9.02. The van der Waals surface area contributed by atoms with Crippen LogP contribution in [0.4, 0.5) is 4.39 Å². The van der Waals surface area contributed by atoms with Gasteiger partial charge >= 0.3 is 0 Å². The molecule has 0 bridgehead atoms. The normalized spacial score (nSPS) is 19.9. The maximum Gasteiger partial charge on any atom is 0.220 e. The van der Waals surface area contributed by atoms with Crippen LogP contribution < -0.4 is 5.32 Å². The Hall–Kier alpha value is -2.34. The summed E-state index contributed by atoms with van der Waals surface area (Å²) in [6, 6.07) is 6.51. The SMILES string of the molecule is C[C@]1(c2ncc(CNC(=O)CCc3ccccc3F)cn2)CCCCO1. The molecule has 1 saturated heterocycles. The highest BCUT2D eigenvalue weighted by Crippen LogP contribution is 2.32. The van der Waals surface area contributed by atoms with E-state index in [1.807, 2.05) is 6.92 Å². The number of aromatic nitrogens is 2. The van der Waals surface area contributed by atoms with E-state index in [0.717, 1.165) is 31.4 Å². The van der Waals surface area contributed by atoms with Crippen LogP contribution in [0.2, 0.25) is 0 Å². The van der Waals surface area contributed by atoms with Crippen LogP contribution >= 0.6 is 0 Å². The van der Waals surface area contributed by atoms with Gasteiger partial charge in [0.25, 0.3) is 0 Å². The van der Waals surface area contributed by atoms with Gasteiger partial charge in [-0.05, 0) is 44.2 Å². The Morgan fingerprint density at radius 1 is 1.27 bits per heavy atom. The maximum absolute atomic E-state index is 13.6. The molecule has 0 unspecified atom stereocenters. The Morgan fingerprint density at radius 2 is 2.04 bits per heavy atom. The summed E-state index contributed by atoms with van der Waals surface area (Å²) in [6.45, 7) is 3.11. The molecule has 0 radical (unpaired) electrons. The largest absolute Gasteiger partial charge is 0.367 e. The molecule has 138 valence electrons. The van der Waals surface area contributed by atoms with Crippen molar-refractivity contribution in [2.45, 2.75) is 51.2 Å². The summed E-state index contributed by atoms with van der Waals surface area (Å²) in [7, 11) is 0. The molecule has 5 nitrogen and oxygen atoms in total. The molecule has 3 rings (SSSR count). The van der Waals surface area contributed by atoms with Crippen LogP contribution in [0.25, 0.3) is 0 Å². The highest BCUT2D eigenvalue weighted by molar-refractivity contribution is 5.76. The number of nitrogens with one attached hydrogen (secondary N) is 1. The summed E-state index contributed by atoms with van der Waals surface area (Å²) in [5, 5.41) is 2.82. The highest BCUT2D eigenvalue weighted by atomic mass is 19.1. The van der Waals surface area contributed by atoms with Gasteiger partial charge in [-0.2, -0.15) is 0 Å². The van der Waals surface area contributed by atoms with Gasteiger partial charge in [0.15, 0.2) is 5.82 Å². The topological polar surface area (TPSA) is 64.1 Å². The number of ether oxygens (including phenoxy) is 1. The van der Waals surface area contributed by atoms with Crippen LogP contribution in [0.1, 0.15) is 49.6 Å². The molecule has 1 aliphatic heterocycles. The third-order valence-electron chi connectivity index (χ3n) is 4.72. The van der Waals surface area contributed by atoms with Gasteiger partial charge in [0.05, 0.1) is 0 Å². The summed E-state index contributed by atoms with van der Waals surface area (Å²) in [5.41, 5.74) is 0.961. The third kappa shape index (κ3) is 4.64. The van der Waals surface area contributed by atoms with Gasteiger partial charge in [-0.25, -0.2) is 14.4 Å². The van der Waals surface area contributed by atoms with Crippen molar-refractivity contribution in [2.24, 2.45) is 0 Å². The van der Waals surface area contributed by atoms with Gasteiger partial charge in [0, 0.05) is 37.5 Å². The van der Waals surface area contributed by atoms with Crippen LogP contribution in [0.15, 0.2) is 36.7 Å². The zero-order chi connectivity index (χ0) is 18.4. The Labute approximate surface area is 153 Å². The van der Waals surface area contributed by atoms with Crippen molar-refractivity contribution >= 4 is 5.91 Å². The van der Waals surface area contributed by atoms with E-state index < -0.39 is 5.60 Å². The standard InChI is InChI=1S/C20H24FN3O2/c1-20(10-4-5-11-26-20)19-23-13-15(14-24-19)12-22-18(25)9-8-16-6-2-3-7-17(16)21/h2-3,6-7,13-14H,4-5,8-12H2,1H3,(H,22,25)/t20-/m1/s1. The Morgan fingerprint density at radius 3 is 2.73 bits per heavy atom.